The van der Waals surface area contributed by atoms with E-state index in [2.05, 4.69) is 12.1 Å². The van der Waals surface area contributed by atoms with E-state index in [1.54, 1.807) is 0 Å². The molecule has 3 heteroatoms. The summed E-state index contributed by atoms with van der Waals surface area (Å²) in [6, 6.07) is 8.19. The van der Waals surface area contributed by atoms with E-state index in [4.69, 9.17) is 16.3 Å². The van der Waals surface area contributed by atoms with Gasteiger partial charge in [-0.15, -0.1) is 0 Å². The molecule has 0 aromatic heterocycles. The summed E-state index contributed by atoms with van der Waals surface area (Å²) in [4.78, 5) is 0. The fraction of sp³-hybridized carbons (Fsp3) is 0.600. The highest BCUT2D eigenvalue weighted by atomic mass is 35.5. The van der Waals surface area contributed by atoms with Crippen LogP contribution in [0.15, 0.2) is 24.3 Å². The van der Waals surface area contributed by atoms with Crippen molar-refractivity contribution in [2.24, 2.45) is 5.92 Å². The Bertz CT molecular complexity index is 420. The highest BCUT2D eigenvalue weighted by Gasteiger charge is 2.47. The zero-order valence-corrected chi connectivity index (χ0v) is 11.2. The van der Waals surface area contributed by atoms with Gasteiger partial charge in [0.25, 0.3) is 0 Å². The first kappa shape index (κ1) is 12.5. The number of aliphatic hydroxyl groups excluding tert-OH is 1. The highest BCUT2D eigenvalue weighted by Crippen LogP contribution is 2.46. The van der Waals surface area contributed by atoms with Crippen LogP contribution in [0.2, 0.25) is 5.02 Å². The molecular formula is C15H19ClO2. The minimum Gasteiger partial charge on any atom is -0.393 e. The maximum atomic E-state index is 9.65. The molecule has 1 aliphatic heterocycles. The molecule has 2 aliphatic rings. The molecule has 0 amide bonds. The lowest BCUT2D eigenvalue weighted by Crippen LogP contribution is -2.53. The summed E-state index contributed by atoms with van der Waals surface area (Å²) >= 11 is 6.11. The summed E-state index contributed by atoms with van der Waals surface area (Å²) in [6.45, 7) is 1.60. The number of rotatable bonds is 2. The second-order valence-electron chi connectivity index (χ2n) is 5.66. The molecule has 1 saturated carbocycles. The lowest BCUT2D eigenvalue weighted by molar-refractivity contribution is -0.103. The molecule has 3 rings (SSSR count). The maximum Gasteiger partial charge on any atom is 0.0588 e. The molecule has 1 aromatic carbocycles. The number of hydrogen-bond donors (Lipinski definition) is 1. The minimum absolute atomic E-state index is 0.0985. The molecule has 0 spiro atoms. The van der Waals surface area contributed by atoms with E-state index in [9.17, 15) is 5.11 Å². The Balaban J connectivity index is 1.86. The number of aliphatic hydroxyl groups is 1. The van der Waals surface area contributed by atoms with Crippen molar-refractivity contribution in [2.45, 2.75) is 37.2 Å². The minimum atomic E-state index is -0.0985. The van der Waals surface area contributed by atoms with Crippen LogP contribution in [0.4, 0.5) is 0 Å². The van der Waals surface area contributed by atoms with Gasteiger partial charge in [0, 0.05) is 10.4 Å². The molecule has 0 unspecified atom stereocenters. The third kappa shape index (κ3) is 2.07. The SMILES string of the molecule is OC1CCC(C2(c3cccc(Cl)c3)COC2)CC1. The number of halogens is 1. The van der Waals surface area contributed by atoms with Gasteiger partial charge in [-0.3, -0.25) is 0 Å². The average molecular weight is 267 g/mol. The van der Waals surface area contributed by atoms with E-state index in [-0.39, 0.29) is 11.5 Å². The summed E-state index contributed by atoms with van der Waals surface area (Å²) in [7, 11) is 0. The van der Waals surface area contributed by atoms with Crippen molar-refractivity contribution in [1.82, 2.24) is 0 Å². The monoisotopic (exact) mass is 266 g/mol. The van der Waals surface area contributed by atoms with Crippen molar-refractivity contribution in [3.8, 4) is 0 Å². The van der Waals surface area contributed by atoms with Gasteiger partial charge < -0.3 is 9.84 Å². The Morgan fingerprint density at radius 2 is 1.89 bits per heavy atom. The summed E-state index contributed by atoms with van der Waals surface area (Å²) < 4.78 is 5.51. The van der Waals surface area contributed by atoms with Gasteiger partial charge in [0.05, 0.1) is 19.3 Å². The largest absolute Gasteiger partial charge is 0.393 e. The van der Waals surface area contributed by atoms with Gasteiger partial charge in [-0.1, -0.05) is 23.7 Å². The predicted octanol–water partition coefficient (Wildman–Crippen LogP) is 3.16. The molecule has 1 aromatic rings. The number of benzene rings is 1. The molecule has 0 atom stereocenters. The second-order valence-corrected chi connectivity index (χ2v) is 6.10. The van der Waals surface area contributed by atoms with E-state index >= 15 is 0 Å². The molecule has 1 heterocycles. The molecule has 98 valence electrons. The van der Waals surface area contributed by atoms with E-state index < -0.39 is 0 Å². The zero-order valence-electron chi connectivity index (χ0n) is 10.4. The predicted molar refractivity (Wildman–Crippen MR) is 71.9 cm³/mol. The molecule has 2 nitrogen and oxygen atoms in total. The Hall–Kier alpha value is -0.570. The van der Waals surface area contributed by atoms with Crippen LogP contribution >= 0.6 is 11.6 Å². The van der Waals surface area contributed by atoms with Gasteiger partial charge in [-0.05, 0) is 49.3 Å². The third-order valence-corrected chi connectivity index (χ3v) is 4.83. The van der Waals surface area contributed by atoms with Gasteiger partial charge in [-0.2, -0.15) is 0 Å². The topological polar surface area (TPSA) is 29.5 Å². The van der Waals surface area contributed by atoms with Gasteiger partial charge in [0.1, 0.15) is 0 Å². The smallest absolute Gasteiger partial charge is 0.0588 e. The van der Waals surface area contributed by atoms with Crippen molar-refractivity contribution < 1.29 is 9.84 Å². The van der Waals surface area contributed by atoms with E-state index in [0.717, 1.165) is 43.9 Å². The van der Waals surface area contributed by atoms with Crippen molar-refractivity contribution in [2.75, 3.05) is 13.2 Å². The Morgan fingerprint density at radius 3 is 2.44 bits per heavy atom. The van der Waals surface area contributed by atoms with Gasteiger partial charge in [0.2, 0.25) is 0 Å². The van der Waals surface area contributed by atoms with Crippen LogP contribution < -0.4 is 0 Å². The van der Waals surface area contributed by atoms with E-state index in [0.29, 0.717) is 5.92 Å². The molecule has 0 radical (unpaired) electrons. The number of ether oxygens (including phenoxy) is 1. The van der Waals surface area contributed by atoms with E-state index in [1.165, 1.54) is 5.56 Å². The van der Waals surface area contributed by atoms with Crippen LogP contribution in [0, 0.1) is 5.92 Å². The van der Waals surface area contributed by atoms with Crippen molar-refractivity contribution in [1.29, 1.82) is 0 Å². The first-order valence-electron chi connectivity index (χ1n) is 6.72. The van der Waals surface area contributed by atoms with Gasteiger partial charge in [0.15, 0.2) is 0 Å². The number of hydrogen-bond acceptors (Lipinski definition) is 2. The highest BCUT2D eigenvalue weighted by molar-refractivity contribution is 6.30. The lowest BCUT2D eigenvalue weighted by Gasteiger charge is -2.49. The first-order chi connectivity index (χ1) is 8.71. The first-order valence-corrected chi connectivity index (χ1v) is 7.10. The van der Waals surface area contributed by atoms with Crippen LogP contribution in [-0.4, -0.2) is 24.4 Å². The summed E-state index contributed by atoms with van der Waals surface area (Å²) in [6.07, 6.45) is 3.94. The molecule has 2 fully saturated rings. The third-order valence-electron chi connectivity index (χ3n) is 4.60. The van der Waals surface area contributed by atoms with Crippen LogP contribution in [0.5, 0.6) is 0 Å². The van der Waals surface area contributed by atoms with Gasteiger partial charge in [-0.25, -0.2) is 0 Å². The Labute approximate surface area is 113 Å². The molecule has 0 bridgehead atoms. The molecular weight excluding hydrogens is 248 g/mol. The molecule has 1 saturated heterocycles. The van der Waals surface area contributed by atoms with Crippen LogP contribution in [-0.2, 0) is 10.2 Å². The van der Waals surface area contributed by atoms with Crippen LogP contribution in [0.3, 0.4) is 0 Å². The van der Waals surface area contributed by atoms with E-state index in [1.807, 2.05) is 12.1 Å². The van der Waals surface area contributed by atoms with Crippen LogP contribution in [0.1, 0.15) is 31.2 Å². The van der Waals surface area contributed by atoms with Gasteiger partial charge >= 0.3 is 0 Å². The fourth-order valence-corrected chi connectivity index (χ4v) is 3.58. The quantitative estimate of drug-likeness (QED) is 0.891. The molecule has 18 heavy (non-hydrogen) atoms. The van der Waals surface area contributed by atoms with Crippen molar-refractivity contribution >= 4 is 11.6 Å². The average Bonchev–Trinajstić information content (AvgIpc) is 2.30. The molecule has 1 aliphatic carbocycles. The summed E-state index contributed by atoms with van der Waals surface area (Å²) in [5, 5.41) is 10.4. The standard InChI is InChI=1S/C15H19ClO2/c16-13-3-1-2-12(8-13)15(9-18-10-15)11-4-6-14(17)7-5-11/h1-3,8,11,14,17H,4-7,9-10H2. The zero-order chi connectivity index (χ0) is 12.6. The summed E-state index contributed by atoms with van der Waals surface area (Å²) in [5.41, 5.74) is 1.45. The lowest BCUT2D eigenvalue weighted by atomic mass is 9.63. The maximum absolute atomic E-state index is 9.65. The van der Waals surface area contributed by atoms with Crippen molar-refractivity contribution in [3.63, 3.8) is 0 Å². The van der Waals surface area contributed by atoms with Crippen molar-refractivity contribution in [3.05, 3.63) is 34.9 Å². The summed E-state index contributed by atoms with van der Waals surface area (Å²) in [5.74, 6) is 0.619. The Morgan fingerprint density at radius 1 is 1.17 bits per heavy atom. The molecule has 1 N–H and O–H groups in total. The van der Waals surface area contributed by atoms with Crippen LogP contribution in [0.25, 0.3) is 0 Å². The Kier molecular flexibility index (Phi) is 3.35. The fourth-order valence-electron chi connectivity index (χ4n) is 3.39. The normalized spacial score (nSPS) is 30.8. The second kappa shape index (κ2) is 4.84.